The van der Waals surface area contributed by atoms with Gasteiger partial charge >= 0.3 is 0 Å². The molecule has 1 atom stereocenters. The Balaban J connectivity index is 1.85. The molecule has 2 heterocycles. The highest BCUT2D eigenvalue weighted by molar-refractivity contribution is 9.10. The number of hydrogen-bond acceptors (Lipinski definition) is 4. The van der Waals surface area contributed by atoms with E-state index in [-0.39, 0.29) is 5.91 Å². The number of rotatable bonds is 2. The van der Waals surface area contributed by atoms with E-state index in [0.29, 0.717) is 17.4 Å². The molecule has 1 aromatic rings. The van der Waals surface area contributed by atoms with E-state index in [1.54, 1.807) is 7.11 Å². The number of nitrogens with zero attached hydrogens (tertiary/aromatic N) is 1. The molecule has 2 aliphatic rings. The molecule has 6 heteroatoms. The maximum Gasteiger partial charge on any atom is 0.257 e. The molecule has 0 aliphatic carbocycles. The molecule has 1 amide bonds. The first-order valence-corrected chi connectivity index (χ1v) is 7.49. The average Bonchev–Trinajstić information content (AvgIpc) is 2.74. The summed E-state index contributed by atoms with van der Waals surface area (Å²) in [5, 5.41) is 12.5. The monoisotopic (exact) mass is 340 g/mol. The second-order valence-corrected chi connectivity index (χ2v) is 6.06. The summed E-state index contributed by atoms with van der Waals surface area (Å²) in [7, 11) is 1.75. The zero-order valence-corrected chi connectivity index (χ0v) is 12.8. The van der Waals surface area contributed by atoms with Crippen LogP contribution in [-0.4, -0.2) is 37.3 Å². The van der Waals surface area contributed by atoms with E-state index in [0.717, 1.165) is 36.1 Å². The Bertz CT molecular complexity index is 541. The highest BCUT2D eigenvalue weighted by Crippen LogP contribution is 2.39. The predicted molar refractivity (Wildman–Crippen MR) is 80.0 cm³/mol. The smallest absolute Gasteiger partial charge is 0.257 e. The molecule has 108 valence electrons. The number of carbonyl (C=O) groups is 1. The largest absolute Gasteiger partial charge is 0.381 e. The lowest BCUT2D eigenvalue weighted by Crippen LogP contribution is -2.36. The van der Waals surface area contributed by atoms with Crippen LogP contribution in [0.3, 0.4) is 0 Å². The van der Waals surface area contributed by atoms with Crippen LogP contribution in [0, 0.1) is 0 Å². The van der Waals surface area contributed by atoms with E-state index >= 15 is 0 Å². The standard InChI is InChI=1S/C14H17BrN2O3/c1-20-8-2-4-17(5-3-8)12-7-11-9(6-10(12)15)13(18)14(19)16-11/h6-8,13,18H,2-5H2,1H3,(H,16,19). The normalized spacial score (nSPS) is 22.9. The van der Waals surface area contributed by atoms with Crippen molar-refractivity contribution in [3.05, 3.63) is 22.2 Å². The second-order valence-electron chi connectivity index (χ2n) is 5.20. The van der Waals surface area contributed by atoms with E-state index in [9.17, 15) is 9.90 Å². The number of benzene rings is 1. The zero-order chi connectivity index (χ0) is 14.3. The molecule has 1 saturated heterocycles. The summed E-state index contributed by atoms with van der Waals surface area (Å²) in [6.07, 6.45) is 1.26. The minimum Gasteiger partial charge on any atom is -0.381 e. The minimum absolute atomic E-state index is 0.334. The molecule has 0 bridgehead atoms. The molecule has 3 rings (SSSR count). The maximum atomic E-state index is 11.5. The summed E-state index contributed by atoms with van der Waals surface area (Å²) in [6, 6.07) is 3.76. The van der Waals surface area contributed by atoms with E-state index in [1.165, 1.54) is 0 Å². The fraction of sp³-hybridized carbons (Fsp3) is 0.500. The maximum absolute atomic E-state index is 11.5. The van der Waals surface area contributed by atoms with Gasteiger partial charge in [0.15, 0.2) is 6.10 Å². The molecule has 1 fully saturated rings. The van der Waals surface area contributed by atoms with Crippen molar-refractivity contribution in [3.8, 4) is 0 Å². The van der Waals surface area contributed by atoms with Gasteiger partial charge in [-0.3, -0.25) is 4.79 Å². The Labute approximate surface area is 126 Å². The SMILES string of the molecule is COC1CCN(c2cc3c(cc2Br)C(O)C(=O)N3)CC1. The molecule has 0 saturated carbocycles. The first-order valence-electron chi connectivity index (χ1n) is 6.70. The van der Waals surface area contributed by atoms with Gasteiger partial charge in [0.1, 0.15) is 0 Å². The summed E-state index contributed by atoms with van der Waals surface area (Å²) >= 11 is 3.54. The Morgan fingerprint density at radius 2 is 2.10 bits per heavy atom. The number of carbonyl (C=O) groups excluding carboxylic acids is 1. The molecular formula is C14H17BrN2O3. The number of halogens is 1. The Hall–Kier alpha value is -1.11. The Morgan fingerprint density at radius 3 is 2.75 bits per heavy atom. The average molecular weight is 341 g/mol. The number of hydrogen-bond donors (Lipinski definition) is 2. The fourth-order valence-corrected chi connectivity index (χ4v) is 3.44. The summed E-state index contributed by atoms with van der Waals surface area (Å²) in [5.41, 5.74) is 2.39. The zero-order valence-electron chi connectivity index (χ0n) is 11.2. The first kappa shape index (κ1) is 13.9. The van der Waals surface area contributed by atoms with Gasteiger partial charge in [0.05, 0.1) is 11.8 Å². The van der Waals surface area contributed by atoms with Crippen LogP contribution in [0.2, 0.25) is 0 Å². The van der Waals surface area contributed by atoms with Crippen molar-refractivity contribution >= 4 is 33.2 Å². The molecule has 0 spiro atoms. The van der Waals surface area contributed by atoms with Crippen molar-refractivity contribution in [1.82, 2.24) is 0 Å². The number of amides is 1. The van der Waals surface area contributed by atoms with Crippen LogP contribution in [0.1, 0.15) is 24.5 Å². The molecule has 2 aliphatic heterocycles. The van der Waals surface area contributed by atoms with Crippen molar-refractivity contribution in [2.24, 2.45) is 0 Å². The van der Waals surface area contributed by atoms with Gasteiger partial charge in [-0.2, -0.15) is 0 Å². The molecule has 0 radical (unpaired) electrons. The Morgan fingerprint density at radius 1 is 1.40 bits per heavy atom. The summed E-state index contributed by atoms with van der Waals surface area (Å²) < 4.78 is 6.28. The molecule has 5 nitrogen and oxygen atoms in total. The van der Waals surface area contributed by atoms with Gasteiger partial charge in [-0.25, -0.2) is 0 Å². The number of aliphatic hydroxyl groups excluding tert-OH is 1. The Kier molecular flexibility index (Phi) is 3.70. The van der Waals surface area contributed by atoms with Crippen LogP contribution in [0.25, 0.3) is 0 Å². The first-order chi connectivity index (χ1) is 9.60. The summed E-state index contributed by atoms with van der Waals surface area (Å²) in [4.78, 5) is 13.8. The van der Waals surface area contributed by atoms with Crippen molar-refractivity contribution < 1.29 is 14.6 Å². The van der Waals surface area contributed by atoms with Gasteiger partial charge in [-0.05, 0) is 40.9 Å². The molecular weight excluding hydrogens is 324 g/mol. The van der Waals surface area contributed by atoms with Crippen molar-refractivity contribution in [1.29, 1.82) is 0 Å². The third-order valence-corrected chi connectivity index (χ3v) is 4.67. The van der Waals surface area contributed by atoms with Crippen LogP contribution >= 0.6 is 15.9 Å². The van der Waals surface area contributed by atoms with E-state index in [1.807, 2.05) is 12.1 Å². The highest BCUT2D eigenvalue weighted by atomic mass is 79.9. The van der Waals surface area contributed by atoms with Crippen molar-refractivity contribution in [3.63, 3.8) is 0 Å². The number of anilines is 2. The molecule has 0 aromatic heterocycles. The molecule has 1 unspecified atom stereocenters. The van der Waals surface area contributed by atoms with Gasteiger partial charge in [0.2, 0.25) is 0 Å². The number of aliphatic hydroxyl groups is 1. The second kappa shape index (κ2) is 5.35. The van der Waals surface area contributed by atoms with Crippen molar-refractivity contribution in [2.45, 2.75) is 25.0 Å². The van der Waals surface area contributed by atoms with Crippen LogP contribution in [0.15, 0.2) is 16.6 Å². The van der Waals surface area contributed by atoms with Gasteiger partial charge < -0.3 is 20.1 Å². The number of fused-ring (bicyclic) bond motifs is 1. The minimum atomic E-state index is -1.06. The lowest BCUT2D eigenvalue weighted by Gasteiger charge is -2.33. The van der Waals surface area contributed by atoms with E-state index < -0.39 is 6.10 Å². The van der Waals surface area contributed by atoms with Gasteiger partial charge in [-0.15, -0.1) is 0 Å². The highest BCUT2D eigenvalue weighted by Gasteiger charge is 2.30. The van der Waals surface area contributed by atoms with Crippen LogP contribution in [0.5, 0.6) is 0 Å². The lowest BCUT2D eigenvalue weighted by atomic mass is 10.1. The van der Waals surface area contributed by atoms with Gasteiger partial charge in [-0.1, -0.05) is 0 Å². The third-order valence-electron chi connectivity index (χ3n) is 4.04. The lowest BCUT2D eigenvalue weighted by molar-refractivity contribution is -0.123. The van der Waals surface area contributed by atoms with Crippen LogP contribution < -0.4 is 10.2 Å². The van der Waals surface area contributed by atoms with E-state index in [2.05, 4.69) is 26.1 Å². The number of ether oxygens (including phenoxy) is 1. The summed E-state index contributed by atoms with van der Waals surface area (Å²) in [5.74, 6) is -0.359. The van der Waals surface area contributed by atoms with Gasteiger partial charge in [0, 0.05) is 35.9 Å². The topological polar surface area (TPSA) is 61.8 Å². The molecule has 2 N–H and O–H groups in total. The molecule has 1 aromatic carbocycles. The predicted octanol–water partition coefficient (Wildman–Crippen LogP) is 2.05. The van der Waals surface area contributed by atoms with Crippen LogP contribution in [-0.2, 0) is 9.53 Å². The van der Waals surface area contributed by atoms with Gasteiger partial charge in [0.25, 0.3) is 5.91 Å². The molecule has 20 heavy (non-hydrogen) atoms. The quantitative estimate of drug-likeness (QED) is 0.864. The number of nitrogens with one attached hydrogen (secondary N) is 1. The summed E-state index contributed by atoms with van der Waals surface area (Å²) in [6.45, 7) is 1.85. The third kappa shape index (κ3) is 2.32. The number of methoxy groups -OCH3 is 1. The van der Waals surface area contributed by atoms with Crippen molar-refractivity contribution in [2.75, 3.05) is 30.4 Å². The number of piperidine rings is 1. The van der Waals surface area contributed by atoms with Crippen LogP contribution in [0.4, 0.5) is 11.4 Å². The fourth-order valence-electron chi connectivity index (χ4n) is 2.83. The van der Waals surface area contributed by atoms with E-state index in [4.69, 9.17) is 4.74 Å².